The number of anilines is 1. The number of nitrogens with one attached hydrogen (secondary N) is 4. The molecule has 4 heterocycles. The Balaban J connectivity index is 1.30. The quantitative estimate of drug-likeness (QED) is 0.0334. The van der Waals surface area contributed by atoms with Gasteiger partial charge < -0.3 is 25.8 Å². The van der Waals surface area contributed by atoms with Crippen molar-refractivity contribution in [2.24, 2.45) is 0 Å². The minimum Gasteiger partial charge on any atom is -0.455 e. The highest BCUT2D eigenvalue weighted by atomic mass is 32.2. The van der Waals surface area contributed by atoms with Gasteiger partial charge in [-0.05, 0) is 49.6 Å². The van der Waals surface area contributed by atoms with Gasteiger partial charge in [-0.2, -0.15) is 9.94 Å². The first-order valence-corrected chi connectivity index (χ1v) is 22.3. The molecule has 23 heteroatoms. The van der Waals surface area contributed by atoms with Gasteiger partial charge in [-0.15, -0.1) is 22.0 Å². The van der Waals surface area contributed by atoms with Crippen LogP contribution in [0.5, 0.6) is 0 Å². The molecule has 6 N–H and O–H groups in total. The summed E-state index contributed by atoms with van der Waals surface area (Å²) in [5.41, 5.74) is 6.93. The summed E-state index contributed by atoms with van der Waals surface area (Å²) >= 11 is 3.16. The molecule has 0 saturated carbocycles. The average molecular weight is 885 g/mol. The molecular formula is C36H40N10O9S4. The maximum absolute atomic E-state index is 14.5. The van der Waals surface area contributed by atoms with Crippen LogP contribution in [0.4, 0.5) is 5.00 Å². The van der Waals surface area contributed by atoms with E-state index < -0.39 is 73.9 Å². The summed E-state index contributed by atoms with van der Waals surface area (Å²) in [5, 5.41) is 17.5. The van der Waals surface area contributed by atoms with Gasteiger partial charge in [0.2, 0.25) is 32.5 Å². The lowest BCUT2D eigenvalue weighted by Gasteiger charge is -2.50. The summed E-state index contributed by atoms with van der Waals surface area (Å²) in [4.78, 5) is 71.9. The highest BCUT2D eigenvalue weighted by molar-refractivity contribution is 8.01. The van der Waals surface area contributed by atoms with Crippen LogP contribution in [0.1, 0.15) is 66.5 Å². The number of carbonyl (C=O) groups excluding carboxylic acids is 5. The van der Waals surface area contributed by atoms with Crippen LogP contribution in [0.2, 0.25) is 0 Å². The molecule has 4 aromatic rings. The minimum atomic E-state index is -4.31. The number of rotatable bonds is 17. The van der Waals surface area contributed by atoms with E-state index in [1.54, 1.807) is 20.8 Å². The van der Waals surface area contributed by atoms with Crippen molar-refractivity contribution in [1.82, 2.24) is 45.9 Å². The van der Waals surface area contributed by atoms with Crippen LogP contribution in [0.25, 0.3) is 0 Å². The first kappa shape index (κ1) is 43.2. The Bertz CT molecular complexity index is 2280. The van der Waals surface area contributed by atoms with E-state index in [4.69, 9.17) is 15.2 Å². The molecule has 1 unspecified atom stereocenters. The number of sulfonamides is 1. The predicted molar refractivity (Wildman–Crippen MR) is 218 cm³/mol. The number of β-lactam (4-membered cyclic amide) rings is 1. The molecule has 0 radical (unpaired) electrons. The van der Waals surface area contributed by atoms with Crippen molar-refractivity contribution >= 4 is 80.0 Å². The SMILES string of the molecule is CC(Sc1nn[nH]n1)C1=C(C(=O)OC(c2ccccc2)c2ccccc2)N2C(=O)[C@@H](NC(=O)[C@H](NS(=O)(=O)CCNC=O)c3nc(C(=O)OC(C)(C)C)sc3N)[C@H]2SC1. The van der Waals surface area contributed by atoms with Crippen molar-refractivity contribution < 1.29 is 41.9 Å². The van der Waals surface area contributed by atoms with Crippen LogP contribution in [0, 0.1) is 0 Å². The van der Waals surface area contributed by atoms with Gasteiger partial charge in [-0.25, -0.2) is 23.0 Å². The van der Waals surface area contributed by atoms with E-state index in [1.165, 1.54) is 28.4 Å². The molecule has 2 aliphatic heterocycles. The van der Waals surface area contributed by atoms with Crippen LogP contribution in [0.3, 0.4) is 0 Å². The highest BCUT2D eigenvalue weighted by Gasteiger charge is 2.55. The summed E-state index contributed by atoms with van der Waals surface area (Å²) in [7, 11) is -4.31. The van der Waals surface area contributed by atoms with Crippen molar-refractivity contribution in [3.8, 4) is 0 Å². The lowest BCUT2D eigenvalue weighted by atomic mass is 9.99. The molecule has 3 amide bonds. The molecule has 2 aromatic carbocycles. The van der Waals surface area contributed by atoms with E-state index in [1.807, 2.05) is 67.6 Å². The normalized spacial score (nSPS) is 17.7. The Morgan fingerprint density at radius 2 is 1.75 bits per heavy atom. The van der Waals surface area contributed by atoms with E-state index in [9.17, 15) is 32.4 Å². The number of ether oxygens (including phenoxy) is 2. The molecule has 6 rings (SSSR count). The Kier molecular flexibility index (Phi) is 13.4. The zero-order valence-corrected chi connectivity index (χ0v) is 35.2. The largest absolute Gasteiger partial charge is 0.455 e. The number of nitrogen functional groups attached to an aromatic ring is 1. The number of tetrazole rings is 1. The summed E-state index contributed by atoms with van der Waals surface area (Å²) in [5.74, 6) is -3.74. The summed E-state index contributed by atoms with van der Waals surface area (Å²) in [6.45, 7) is 6.47. The Hall–Kier alpha value is -5.36. The first-order chi connectivity index (χ1) is 28.1. The van der Waals surface area contributed by atoms with Crippen LogP contribution in [-0.2, 0) is 38.7 Å². The number of aromatic nitrogens is 5. The van der Waals surface area contributed by atoms with E-state index in [0.29, 0.717) is 39.6 Å². The van der Waals surface area contributed by atoms with Gasteiger partial charge >= 0.3 is 11.9 Å². The number of nitrogens with two attached hydrogens (primary N) is 1. The van der Waals surface area contributed by atoms with Crippen LogP contribution >= 0.6 is 34.9 Å². The number of H-pyrrole nitrogens is 1. The molecular weight excluding hydrogens is 845 g/mol. The molecule has 0 spiro atoms. The molecule has 1 fully saturated rings. The number of benzene rings is 2. The lowest BCUT2D eigenvalue weighted by Crippen LogP contribution is -2.71. The number of carbonyl (C=O) groups is 5. The highest BCUT2D eigenvalue weighted by Crippen LogP contribution is 2.45. The van der Waals surface area contributed by atoms with Crippen LogP contribution < -0.4 is 21.1 Å². The first-order valence-electron chi connectivity index (χ1n) is 17.9. The maximum Gasteiger partial charge on any atom is 0.368 e. The Morgan fingerprint density at radius 3 is 2.34 bits per heavy atom. The fourth-order valence-corrected chi connectivity index (χ4v) is 10.3. The predicted octanol–water partition coefficient (Wildman–Crippen LogP) is 2.07. The zero-order valence-electron chi connectivity index (χ0n) is 32.0. The summed E-state index contributed by atoms with van der Waals surface area (Å²) < 4.78 is 40.2. The third kappa shape index (κ3) is 10.3. The molecule has 2 aromatic heterocycles. The van der Waals surface area contributed by atoms with E-state index >= 15 is 0 Å². The van der Waals surface area contributed by atoms with Gasteiger partial charge in [0.25, 0.3) is 5.91 Å². The van der Waals surface area contributed by atoms with Gasteiger partial charge in [0, 0.05) is 17.5 Å². The average Bonchev–Trinajstić information content (AvgIpc) is 3.86. The smallest absolute Gasteiger partial charge is 0.368 e. The number of thiazole rings is 1. The van der Waals surface area contributed by atoms with E-state index in [0.717, 1.165) is 0 Å². The van der Waals surface area contributed by atoms with E-state index in [2.05, 4.69) is 41.0 Å². The fourth-order valence-electron chi connectivity index (χ4n) is 6.04. The third-order valence-corrected chi connectivity index (χ3v) is 13.2. The molecule has 2 aliphatic rings. The van der Waals surface area contributed by atoms with Gasteiger partial charge in [-0.1, -0.05) is 83.8 Å². The minimum absolute atomic E-state index is 0.0183. The number of fused-ring (bicyclic) bond motifs is 1. The molecule has 0 bridgehead atoms. The van der Waals surface area contributed by atoms with Crippen molar-refractivity contribution in [1.29, 1.82) is 0 Å². The van der Waals surface area contributed by atoms with Crippen molar-refractivity contribution in [3.05, 3.63) is 93.8 Å². The Morgan fingerprint density at radius 1 is 1.08 bits per heavy atom. The van der Waals surface area contributed by atoms with Gasteiger partial charge in [0.1, 0.15) is 39.5 Å². The fraction of sp³-hybridized carbons (Fsp3) is 0.361. The number of amides is 3. The second-order valence-corrected chi connectivity index (χ2v) is 19.4. The van der Waals surface area contributed by atoms with Crippen LogP contribution in [0.15, 0.2) is 77.1 Å². The number of nitrogens with zero attached hydrogens (tertiary/aromatic N) is 5. The molecule has 312 valence electrons. The van der Waals surface area contributed by atoms with Crippen molar-refractivity contribution in [2.75, 3.05) is 23.8 Å². The standard InChI is InChI=1S/C36H40N10O9S4/c1-19(57-35-41-44-45-42-35)22-17-56-32-25(31(49)46(32)26(22)33(50)54-27(20-11-7-5-8-12-20)21-13-9-6-10-14-21)39-29(48)24(43-59(52,53)16-15-38-18-47)23-28(37)58-30(40-23)34(51)55-36(2,3)4/h5-14,18-19,24-25,27,32,43H,15-17,37H2,1-4H3,(H,38,47)(H,39,48)(H,41,42,44,45)/t19?,24-,25-,32-/m1/s1. The van der Waals surface area contributed by atoms with Crippen molar-refractivity contribution in [2.45, 2.75) is 67.3 Å². The number of hydrogen-bond donors (Lipinski definition) is 5. The molecule has 19 nitrogen and oxygen atoms in total. The molecule has 59 heavy (non-hydrogen) atoms. The lowest BCUT2D eigenvalue weighted by molar-refractivity contribution is -0.154. The number of esters is 2. The summed E-state index contributed by atoms with van der Waals surface area (Å²) in [6.07, 6.45) is -0.526. The summed E-state index contributed by atoms with van der Waals surface area (Å²) in [6, 6.07) is 15.2. The molecule has 4 atom stereocenters. The van der Waals surface area contributed by atoms with Crippen LogP contribution in [-0.4, -0.2) is 109 Å². The maximum atomic E-state index is 14.5. The van der Waals surface area contributed by atoms with Gasteiger partial charge in [0.15, 0.2) is 6.10 Å². The number of aromatic amines is 1. The zero-order chi connectivity index (χ0) is 42.5. The number of hydrogen-bond acceptors (Lipinski definition) is 17. The number of thioether (sulfide) groups is 2. The van der Waals surface area contributed by atoms with Gasteiger partial charge in [-0.3, -0.25) is 19.3 Å². The van der Waals surface area contributed by atoms with E-state index in [-0.39, 0.29) is 33.7 Å². The molecule has 0 aliphatic carbocycles. The third-order valence-electron chi connectivity index (χ3n) is 8.70. The monoisotopic (exact) mass is 884 g/mol. The van der Waals surface area contributed by atoms with Gasteiger partial charge in [0.05, 0.1) is 5.75 Å². The second-order valence-electron chi connectivity index (χ2n) is 14.0. The second kappa shape index (κ2) is 18.3. The molecule has 1 saturated heterocycles. The Labute approximate surface area is 351 Å². The van der Waals surface area contributed by atoms with Crippen molar-refractivity contribution in [3.63, 3.8) is 0 Å². The topological polar surface area (TPSA) is 271 Å².